The zero-order valence-electron chi connectivity index (χ0n) is 13.0. The van der Waals surface area contributed by atoms with Crippen molar-refractivity contribution in [3.63, 3.8) is 0 Å². The van der Waals surface area contributed by atoms with Crippen LogP contribution in [0.15, 0.2) is 47.4 Å². The van der Waals surface area contributed by atoms with Gasteiger partial charge in [-0.05, 0) is 43.2 Å². The molecule has 2 N–H and O–H groups in total. The summed E-state index contributed by atoms with van der Waals surface area (Å²) in [5, 5.41) is 5.58. The third-order valence-corrected chi connectivity index (χ3v) is 5.43. The first-order chi connectivity index (χ1) is 11.6. The summed E-state index contributed by atoms with van der Waals surface area (Å²) in [5.74, 6) is 0.392. The van der Waals surface area contributed by atoms with E-state index in [1.165, 1.54) is 5.56 Å². The summed E-state index contributed by atoms with van der Waals surface area (Å²) in [5.41, 5.74) is 2.44. The predicted octanol–water partition coefficient (Wildman–Crippen LogP) is 3.06. The third kappa shape index (κ3) is 2.73. The number of hydrogen-bond donors (Lipinski definition) is 2. The molecular formula is C18H16N2O3S. The van der Waals surface area contributed by atoms with Crippen molar-refractivity contribution in [2.24, 2.45) is 0 Å². The Labute approximate surface area is 143 Å². The SMILES string of the molecule is CC1Oc2ccc(NC(=O)C3Cc4ccccc4S3)cc2NC1=O. The van der Waals surface area contributed by atoms with Crippen molar-refractivity contribution in [1.82, 2.24) is 0 Å². The Morgan fingerprint density at radius 1 is 1.29 bits per heavy atom. The molecule has 0 saturated heterocycles. The topological polar surface area (TPSA) is 67.4 Å². The van der Waals surface area contributed by atoms with E-state index >= 15 is 0 Å². The number of amides is 2. The lowest BCUT2D eigenvalue weighted by Gasteiger charge is -2.23. The maximum atomic E-state index is 12.5. The Kier molecular flexibility index (Phi) is 3.69. The number of thioether (sulfide) groups is 1. The number of hydrogen-bond acceptors (Lipinski definition) is 4. The van der Waals surface area contributed by atoms with Gasteiger partial charge in [0.2, 0.25) is 5.91 Å². The number of nitrogens with one attached hydrogen (secondary N) is 2. The molecule has 0 spiro atoms. The quantitative estimate of drug-likeness (QED) is 0.882. The highest BCUT2D eigenvalue weighted by Gasteiger charge is 2.28. The molecular weight excluding hydrogens is 324 g/mol. The minimum atomic E-state index is -0.508. The van der Waals surface area contributed by atoms with Crippen LogP contribution in [0.25, 0.3) is 0 Å². The summed E-state index contributed by atoms with van der Waals surface area (Å²) in [6, 6.07) is 13.4. The van der Waals surface area contributed by atoms with Gasteiger partial charge in [0.1, 0.15) is 5.75 Å². The fourth-order valence-corrected chi connectivity index (χ4v) is 4.03. The van der Waals surface area contributed by atoms with Crippen LogP contribution in [-0.2, 0) is 16.0 Å². The fraction of sp³-hybridized carbons (Fsp3) is 0.222. The maximum absolute atomic E-state index is 12.5. The van der Waals surface area contributed by atoms with Crippen LogP contribution < -0.4 is 15.4 Å². The minimum absolute atomic E-state index is 0.0347. The van der Waals surface area contributed by atoms with E-state index < -0.39 is 6.10 Å². The monoisotopic (exact) mass is 340 g/mol. The molecule has 0 aliphatic carbocycles. The number of benzene rings is 2. The van der Waals surface area contributed by atoms with Crippen LogP contribution in [0.3, 0.4) is 0 Å². The van der Waals surface area contributed by atoms with Crippen LogP contribution in [0.5, 0.6) is 5.75 Å². The molecule has 2 aromatic rings. The highest BCUT2D eigenvalue weighted by molar-refractivity contribution is 8.01. The highest BCUT2D eigenvalue weighted by atomic mass is 32.2. The van der Waals surface area contributed by atoms with Gasteiger partial charge in [-0.3, -0.25) is 9.59 Å². The van der Waals surface area contributed by atoms with Gasteiger partial charge in [0.15, 0.2) is 6.10 Å². The molecule has 24 heavy (non-hydrogen) atoms. The Balaban J connectivity index is 1.48. The van der Waals surface area contributed by atoms with Crippen molar-refractivity contribution < 1.29 is 14.3 Å². The average molecular weight is 340 g/mol. The molecule has 2 heterocycles. The molecule has 2 amide bonds. The van der Waals surface area contributed by atoms with Crippen molar-refractivity contribution >= 4 is 35.0 Å². The number of carbonyl (C=O) groups excluding carboxylic acids is 2. The van der Waals surface area contributed by atoms with Gasteiger partial charge >= 0.3 is 0 Å². The standard InChI is InChI=1S/C18H16N2O3S/c1-10-17(21)20-13-9-12(6-7-14(13)23-10)19-18(22)16-8-11-4-2-3-5-15(11)24-16/h2-7,9-10,16H,8H2,1H3,(H,19,22)(H,20,21). The zero-order chi connectivity index (χ0) is 16.7. The van der Waals surface area contributed by atoms with Crippen LogP contribution in [0.4, 0.5) is 11.4 Å². The average Bonchev–Trinajstić information content (AvgIpc) is 3.00. The van der Waals surface area contributed by atoms with E-state index in [9.17, 15) is 9.59 Å². The number of rotatable bonds is 2. The Morgan fingerprint density at radius 2 is 2.12 bits per heavy atom. The van der Waals surface area contributed by atoms with Gasteiger partial charge in [-0.1, -0.05) is 18.2 Å². The molecule has 2 atom stereocenters. The predicted molar refractivity (Wildman–Crippen MR) is 93.6 cm³/mol. The number of fused-ring (bicyclic) bond motifs is 2. The second-order valence-electron chi connectivity index (χ2n) is 5.87. The van der Waals surface area contributed by atoms with Crippen LogP contribution in [0.1, 0.15) is 12.5 Å². The molecule has 0 radical (unpaired) electrons. The highest BCUT2D eigenvalue weighted by Crippen LogP contribution is 2.38. The first-order valence-corrected chi connectivity index (χ1v) is 8.65. The van der Waals surface area contributed by atoms with Gasteiger partial charge < -0.3 is 15.4 Å². The lowest BCUT2D eigenvalue weighted by Crippen LogP contribution is -2.34. The fourth-order valence-electron chi connectivity index (χ4n) is 2.84. The summed E-state index contributed by atoms with van der Waals surface area (Å²) in [6.07, 6.45) is 0.223. The number of anilines is 2. The van der Waals surface area contributed by atoms with Gasteiger partial charge in [-0.2, -0.15) is 0 Å². The van der Waals surface area contributed by atoms with Gasteiger partial charge in [-0.25, -0.2) is 0 Å². The Bertz CT molecular complexity index is 812. The number of ether oxygens (including phenoxy) is 1. The van der Waals surface area contributed by atoms with Crippen LogP contribution >= 0.6 is 11.8 Å². The third-order valence-electron chi connectivity index (χ3n) is 4.12. The Hall–Kier alpha value is -2.47. The van der Waals surface area contributed by atoms with Crippen molar-refractivity contribution in [2.75, 3.05) is 10.6 Å². The van der Waals surface area contributed by atoms with Gasteiger partial charge in [0.05, 0.1) is 10.9 Å². The first kappa shape index (κ1) is 15.1. The lowest BCUT2D eigenvalue weighted by molar-refractivity contribution is -0.122. The van der Waals surface area contributed by atoms with E-state index in [0.29, 0.717) is 17.1 Å². The summed E-state index contributed by atoms with van der Waals surface area (Å²) in [4.78, 5) is 25.4. The van der Waals surface area contributed by atoms with E-state index in [1.807, 2.05) is 18.2 Å². The van der Waals surface area contributed by atoms with Gasteiger partial charge in [0.25, 0.3) is 5.91 Å². The molecule has 0 aromatic heterocycles. The van der Waals surface area contributed by atoms with Gasteiger partial charge in [0, 0.05) is 10.6 Å². The minimum Gasteiger partial charge on any atom is -0.479 e. The van der Waals surface area contributed by atoms with E-state index in [0.717, 1.165) is 11.3 Å². The molecule has 5 nitrogen and oxygen atoms in total. The van der Waals surface area contributed by atoms with Crippen molar-refractivity contribution in [2.45, 2.75) is 29.6 Å². The van der Waals surface area contributed by atoms with E-state index in [2.05, 4.69) is 16.7 Å². The van der Waals surface area contributed by atoms with E-state index in [4.69, 9.17) is 4.74 Å². The molecule has 2 aliphatic rings. The molecule has 2 aromatic carbocycles. The molecule has 6 heteroatoms. The second-order valence-corrected chi connectivity index (χ2v) is 7.11. The number of carbonyl (C=O) groups is 2. The summed E-state index contributed by atoms with van der Waals surface area (Å²) < 4.78 is 5.52. The van der Waals surface area contributed by atoms with Crippen molar-refractivity contribution in [3.05, 3.63) is 48.0 Å². The van der Waals surface area contributed by atoms with E-state index in [1.54, 1.807) is 36.9 Å². The molecule has 0 bridgehead atoms. The van der Waals surface area contributed by atoms with Gasteiger partial charge in [-0.15, -0.1) is 11.8 Å². The first-order valence-electron chi connectivity index (χ1n) is 7.77. The normalized spacial score (nSPS) is 21.3. The zero-order valence-corrected chi connectivity index (χ0v) is 13.9. The summed E-state index contributed by atoms with van der Waals surface area (Å²) in [7, 11) is 0. The summed E-state index contributed by atoms with van der Waals surface area (Å²) >= 11 is 1.59. The molecule has 122 valence electrons. The largest absolute Gasteiger partial charge is 0.479 e. The van der Waals surface area contributed by atoms with Crippen LogP contribution in [-0.4, -0.2) is 23.2 Å². The Morgan fingerprint density at radius 3 is 2.96 bits per heavy atom. The van der Waals surface area contributed by atoms with Crippen LogP contribution in [0, 0.1) is 0 Å². The van der Waals surface area contributed by atoms with Crippen LogP contribution in [0.2, 0.25) is 0 Å². The summed E-state index contributed by atoms with van der Waals surface area (Å²) in [6.45, 7) is 1.70. The molecule has 0 fully saturated rings. The van der Waals surface area contributed by atoms with E-state index in [-0.39, 0.29) is 17.1 Å². The smallest absolute Gasteiger partial charge is 0.265 e. The molecule has 0 saturated carbocycles. The maximum Gasteiger partial charge on any atom is 0.265 e. The van der Waals surface area contributed by atoms with Crippen molar-refractivity contribution in [1.29, 1.82) is 0 Å². The molecule has 4 rings (SSSR count). The van der Waals surface area contributed by atoms with Crippen molar-refractivity contribution in [3.8, 4) is 5.75 Å². The molecule has 2 aliphatic heterocycles. The lowest BCUT2D eigenvalue weighted by atomic mass is 10.1. The second kappa shape index (κ2) is 5.87. The molecule has 2 unspecified atom stereocenters.